The van der Waals surface area contributed by atoms with Crippen LogP contribution in [0.3, 0.4) is 0 Å². The molecule has 1 N–H and O–H groups in total. The number of ether oxygens (including phenoxy) is 1. The highest BCUT2D eigenvalue weighted by Gasteiger charge is 2.20. The number of aryl methyl sites for hydroxylation is 4. The molecule has 1 amide bonds. The molecule has 1 aliphatic carbocycles. The summed E-state index contributed by atoms with van der Waals surface area (Å²) in [6, 6.07) is 7.74. The van der Waals surface area contributed by atoms with E-state index < -0.39 is 5.97 Å². The number of rotatable bonds is 4. The predicted octanol–water partition coefficient (Wildman–Crippen LogP) is 3.65. The summed E-state index contributed by atoms with van der Waals surface area (Å²) in [4.78, 5) is 25.9. The molecule has 3 rings (SSSR count). The number of fused-ring (bicyclic) bond motifs is 1. The van der Waals surface area contributed by atoms with Gasteiger partial charge in [0.25, 0.3) is 5.91 Å². The molecule has 0 unspecified atom stereocenters. The van der Waals surface area contributed by atoms with Gasteiger partial charge in [0.1, 0.15) is 4.88 Å². The minimum Gasteiger partial charge on any atom is -0.451 e. The first-order valence-corrected chi connectivity index (χ1v) is 8.50. The average molecular weight is 329 g/mol. The maximum absolute atomic E-state index is 12.0. The Morgan fingerprint density at radius 3 is 2.83 bits per heavy atom. The third-order valence-corrected chi connectivity index (χ3v) is 5.17. The second-order valence-electron chi connectivity index (χ2n) is 5.86. The van der Waals surface area contributed by atoms with Crippen molar-refractivity contribution in [2.45, 2.75) is 33.1 Å². The fourth-order valence-electron chi connectivity index (χ4n) is 2.69. The van der Waals surface area contributed by atoms with Gasteiger partial charge in [-0.2, -0.15) is 0 Å². The summed E-state index contributed by atoms with van der Waals surface area (Å²) in [5.74, 6) is -0.739. The lowest BCUT2D eigenvalue weighted by Gasteiger charge is -2.09. The predicted molar refractivity (Wildman–Crippen MR) is 91.2 cm³/mol. The van der Waals surface area contributed by atoms with Crippen molar-refractivity contribution in [1.29, 1.82) is 0 Å². The second-order valence-corrected chi connectivity index (χ2v) is 6.99. The van der Waals surface area contributed by atoms with E-state index >= 15 is 0 Å². The molecule has 1 aliphatic rings. The standard InChI is InChI=1S/C18H19NO3S/c1-11-6-7-12(2)14(8-11)19-17(20)10-22-18(21)16-9-13-4-3-5-15(13)23-16/h6-9H,3-5,10H2,1-2H3,(H,19,20). The first kappa shape index (κ1) is 15.7. The van der Waals surface area contributed by atoms with Gasteiger partial charge in [0.05, 0.1) is 0 Å². The highest BCUT2D eigenvalue weighted by molar-refractivity contribution is 7.14. The molecule has 120 valence electrons. The number of amides is 1. The molecule has 4 nitrogen and oxygen atoms in total. The van der Waals surface area contributed by atoms with Gasteiger partial charge in [0, 0.05) is 10.6 Å². The number of hydrogen-bond donors (Lipinski definition) is 1. The van der Waals surface area contributed by atoms with Crippen LogP contribution in [-0.2, 0) is 22.4 Å². The molecule has 0 bridgehead atoms. The molecular formula is C18H19NO3S. The van der Waals surface area contributed by atoms with Gasteiger partial charge in [-0.3, -0.25) is 4.79 Å². The zero-order valence-corrected chi connectivity index (χ0v) is 14.1. The quantitative estimate of drug-likeness (QED) is 0.871. The van der Waals surface area contributed by atoms with Crippen molar-refractivity contribution < 1.29 is 14.3 Å². The molecule has 1 aromatic heterocycles. The molecule has 0 atom stereocenters. The number of carbonyl (C=O) groups is 2. The molecule has 0 spiro atoms. The summed E-state index contributed by atoms with van der Waals surface area (Å²) in [7, 11) is 0. The summed E-state index contributed by atoms with van der Waals surface area (Å²) >= 11 is 1.48. The van der Waals surface area contributed by atoms with Crippen LogP contribution in [0.5, 0.6) is 0 Å². The third kappa shape index (κ3) is 3.62. The zero-order valence-electron chi connectivity index (χ0n) is 13.3. The molecule has 0 aliphatic heterocycles. The monoisotopic (exact) mass is 329 g/mol. The Morgan fingerprint density at radius 2 is 2.04 bits per heavy atom. The number of thiophene rings is 1. The fourth-order valence-corrected chi connectivity index (χ4v) is 3.84. The van der Waals surface area contributed by atoms with Gasteiger partial charge in [-0.15, -0.1) is 11.3 Å². The third-order valence-electron chi connectivity index (χ3n) is 3.95. The molecule has 0 fully saturated rings. The first-order valence-electron chi connectivity index (χ1n) is 7.69. The Bertz CT molecular complexity index is 742. The van der Waals surface area contributed by atoms with Gasteiger partial charge < -0.3 is 10.1 Å². The lowest BCUT2D eigenvalue weighted by atomic mass is 10.1. The van der Waals surface area contributed by atoms with Crippen molar-refractivity contribution in [2.75, 3.05) is 11.9 Å². The highest BCUT2D eigenvalue weighted by atomic mass is 32.1. The molecule has 0 saturated carbocycles. The summed E-state index contributed by atoms with van der Waals surface area (Å²) in [6.45, 7) is 3.62. The van der Waals surface area contributed by atoms with Crippen LogP contribution >= 0.6 is 11.3 Å². The maximum atomic E-state index is 12.0. The SMILES string of the molecule is Cc1ccc(C)c(NC(=O)COC(=O)c2cc3c(s2)CCC3)c1. The largest absolute Gasteiger partial charge is 0.451 e. The van der Waals surface area contributed by atoms with E-state index in [0.717, 1.165) is 36.1 Å². The minimum absolute atomic E-state index is 0.269. The molecule has 0 saturated heterocycles. The van der Waals surface area contributed by atoms with Gasteiger partial charge in [-0.25, -0.2) is 4.79 Å². The van der Waals surface area contributed by atoms with E-state index in [1.54, 1.807) is 0 Å². The van der Waals surface area contributed by atoms with Crippen molar-refractivity contribution in [2.24, 2.45) is 0 Å². The highest BCUT2D eigenvalue weighted by Crippen LogP contribution is 2.30. The topological polar surface area (TPSA) is 55.4 Å². The van der Waals surface area contributed by atoms with E-state index in [-0.39, 0.29) is 12.5 Å². The smallest absolute Gasteiger partial charge is 0.348 e. The van der Waals surface area contributed by atoms with E-state index in [9.17, 15) is 9.59 Å². The number of carbonyl (C=O) groups excluding carboxylic acids is 2. The first-order chi connectivity index (χ1) is 11.0. The molecule has 5 heteroatoms. The number of hydrogen-bond acceptors (Lipinski definition) is 4. The summed E-state index contributed by atoms with van der Waals surface area (Å²) < 4.78 is 5.13. The molecule has 2 aromatic rings. The van der Waals surface area contributed by atoms with Crippen LogP contribution < -0.4 is 5.32 Å². The Balaban J connectivity index is 1.56. The summed E-state index contributed by atoms with van der Waals surface area (Å²) in [5.41, 5.74) is 4.05. The van der Waals surface area contributed by atoms with Gasteiger partial charge in [-0.1, -0.05) is 12.1 Å². The van der Waals surface area contributed by atoms with Gasteiger partial charge in [0.2, 0.25) is 0 Å². The zero-order chi connectivity index (χ0) is 16.4. The van der Waals surface area contributed by atoms with Gasteiger partial charge >= 0.3 is 5.97 Å². The number of anilines is 1. The van der Waals surface area contributed by atoms with Crippen molar-refractivity contribution in [3.8, 4) is 0 Å². The van der Waals surface area contributed by atoms with Crippen LogP contribution in [0.1, 0.15) is 37.7 Å². The van der Waals surface area contributed by atoms with Crippen LogP contribution in [0, 0.1) is 13.8 Å². The van der Waals surface area contributed by atoms with Gasteiger partial charge in [-0.05, 0) is 61.9 Å². The fraction of sp³-hybridized carbons (Fsp3) is 0.333. The van der Waals surface area contributed by atoms with Crippen LogP contribution in [0.25, 0.3) is 0 Å². The Hall–Kier alpha value is -2.14. The van der Waals surface area contributed by atoms with Crippen LogP contribution in [-0.4, -0.2) is 18.5 Å². The lowest BCUT2D eigenvalue weighted by Crippen LogP contribution is -2.21. The average Bonchev–Trinajstić information content (AvgIpc) is 3.10. The lowest BCUT2D eigenvalue weighted by molar-refractivity contribution is -0.119. The van der Waals surface area contributed by atoms with E-state index in [0.29, 0.717) is 4.88 Å². The Labute approximate surface area is 139 Å². The van der Waals surface area contributed by atoms with Crippen molar-refractivity contribution in [3.63, 3.8) is 0 Å². The van der Waals surface area contributed by atoms with Crippen molar-refractivity contribution >= 4 is 28.9 Å². The van der Waals surface area contributed by atoms with Crippen molar-refractivity contribution in [3.05, 3.63) is 50.7 Å². The Morgan fingerprint density at radius 1 is 1.22 bits per heavy atom. The van der Waals surface area contributed by atoms with Gasteiger partial charge in [0.15, 0.2) is 6.61 Å². The number of esters is 1. The molecule has 23 heavy (non-hydrogen) atoms. The molecular weight excluding hydrogens is 310 g/mol. The maximum Gasteiger partial charge on any atom is 0.348 e. The second kappa shape index (κ2) is 6.54. The molecule has 0 radical (unpaired) electrons. The van der Waals surface area contributed by atoms with E-state index in [2.05, 4.69) is 5.32 Å². The normalized spacial score (nSPS) is 12.8. The molecule has 1 aromatic carbocycles. The Kier molecular flexibility index (Phi) is 4.48. The van der Waals surface area contributed by atoms with E-state index in [4.69, 9.17) is 4.74 Å². The van der Waals surface area contributed by atoms with Crippen LogP contribution in [0.2, 0.25) is 0 Å². The van der Waals surface area contributed by atoms with Crippen LogP contribution in [0.15, 0.2) is 24.3 Å². The minimum atomic E-state index is -0.416. The van der Waals surface area contributed by atoms with Crippen molar-refractivity contribution in [1.82, 2.24) is 0 Å². The summed E-state index contributed by atoms with van der Waals surface area (Å²) in [6.07, 6.45) is 3.24. The van der Waals surface area contributed by atoms with Crippen LogP contribution in [0.4, 0.5) is 5.69 Å². The number of benzene rings is 1. The number of nitrogens with one attached hydrogen (secondary N) is 1. The van der Waals surface area contributed by atoms with E-state index in [1.165, 1.54) is 21.8 Å². The van der Waals surface area contributed by atoms with E-state index in [1.807, 2.05) is 38.1 Å². The summed E-state index contributed by atoms with van der Waals surface area (Å²) in [5, 5.41) is 2.78. The molecule has 1 heterocycles.